The molecule has 0 aromatic rings. The highest BCUT2D eigenvalue weighted by Gasteiger charge is 2.36. The van der Waals surface area contributed by atoms with E-state index in [1.807, 2.05) is 0 Å². The summed E-state index contributed by atoms with van der Waals surface area (Å²) in [4.78, 5) is 0. The highest BCUT2D eigenvalue weighted by atomic mass is 28.4. The van der Waals surface area contributed by atoms with Gasteiger partial charge in [-0.25, -0.2) is 0 Å². The van der Waals surface area contributed by atoms with Crippen molar-refractivity contribution >= 4 is 8.80 Å². The van der Waals surface area contributed by atoms with E-state index in [4.69, 9.17) is 13.3 Å². The molecule has 3 nitrogen and oxygen atoms in total. The van der Waals surface area contributed by atoms with Crippen molar-refractivity contribution in [3.63, 3.8) is 0 Å². The maximum atomic E-state index is 5.32. The molecule has 0 spiro atoms. The molecule has 0 N–H and O–H groups in total. The molecule has 0 aliphatic heterocycles. The summed E-state index contributed by atoms with van der Waals surface area (Å²) in [6, 6.07) is 0.846. The topological polar surface area (TPSA) is 27.7 Å². The monoisotopic (exact) mass is 232 g/mol. The van der Waals surface area contributed by atoms with Crippen LogP contribution in [-0.2, 0) is 13.3 Å². The van der Waals surface area contributed by atoms with Crippen molar-refractivity contribution in [1.82, 2.24) is 0 Å². The third kappa shape index (κ3) is 6.09. The van der Waals surface area contributed by atoms with Gasteiger partial charge in [-0.05, 0) is 12.8 Å². The highest BCUT2D eigenvalue weighted by Crippen LogP contribution is 2.15. The summed E-state index contributed by atoms with van der Waals surface area (Å²) in [5, 5.41) is 0. The van der Waals surface area contributed by atoms with Crippen LogP contribution in [0.4, 0.5) is 0 Å². The fourth-order valence-electron chi connectivity index (χ4n) is 1.37. The van der Waals surface area contributed by atoms with Gasteiger partial charge in [0.05, 0.1) is 0 Å². The van der Waals surface area contributed by atoms with Crippen LogP contribution in [-0.4, -0.2) is 30.1 Å². The fourth-order valence-corrected chi connectivity index (χ4v) is 3.01. The summed E-state index contributed by atoms with van der Waals surface area (Å²) in [5.41, 5.74) is 0. The van der Waals surface area contributed by atoms with Crippen LogP contribution >= 0.6 is 0 Å². The molecule has 0 bridgehead atoms. The van der Waals surface area contributed by atoms with Crippen LogP contribution in [0.5, 0.6) is 0 Å². The smallest absolute Gasteiger partial charge is 0.377 e. The Morgan fingerprint density at radius 2 is 1.47 bits per heavy atom. The van der Waals surface area contributed by atoms with Crippen molar-refractivity contribution < 1.29 is 13.3 Å². The Hall–Kier alpha value is -0.163. The second-order valence-electron chi connectivity index (χ2n) is 3.45. The summed E-state index contributed by atoms with van der Waals surface area (Å²) in [6.07, 6.45) is 9.05. The Bertz CT molecular complexity index is 159. The van der Waals surface area contributed by atoms with Crippen molar-refractivity contribution in [2.24, 2.45) is 0 Å². The summed E-state index contributed by atoms with van der Waals surface area (Å²) >= 11 is 0. The summed E-state index contributed by atoms with van der Waals surface area (Å²) < 4.78 is 16.0. The van der Waals surface area contributed by atoms with Crippen molar-refractivity contribution in [1.29, 1.82) is 0 Å². The van der Waals surface area contributed by atoms with E-state index in [0.717, 1.165) is 18.9 Å². The van der Waals surface area contributed by atoms with Crippen molar-refractivity contribution in [3.05, 3.63) is 12.2 Å². The Balaban J connectivity index is 3.75. The minimum atomic E-state index is -2.34. The van der Waals surface area contributed by atoms with Gasteiger partial charge in [-0.15, -0.1) is 0 Å². The highest BCUT2D eigenvalue weighted by molar-refractivity contribution is 6.60. The molecule has 0 aromatic heterocycles. The molecule has 0 saturated heterocycles. The molecule has 4 heteroatoms. The third-order valence-electron chi connectivity index (χ3n) is 2.44. The van der Waals surface area contributed by atoms with Gasteiger partial charge in [0.1, 0.15) is 0 Å². The predicted molar refractivity (Wildman–Crippen MR) is 64.9 cm³/mol. The summed E-state index contributed by atoms with van der Waals surface area (Å²) in [5.74, 6) is 0. The molecule has 0 heterocycles. The minimum absolute atomic E-state index is 0.846. The van der Waals surface area contributed by atoms with E-state index >= 15 is 0 Å². The first-order chi connectivity index (χ1) is 7.24. The van der Waals surface area contributed by atoms with E-state index in [2.05, 4.69) is 19.1 Å². The van der Waals surface area contributed by atoms with Gasteiger partial charge in [0.15, 0.2) is 0 Å². The van der Waals surface area contributed by atoms with E-state index in [1.54, 1.807) is 21.3 Å². The van der Waals surface area contributed by atoms with Gasteiger partial charge in [0.2, 0.25) is 0 Å². The molecule has 0 rings (SSSR count). The maximum absolute atomic E-state index is 5.32. The van der Waals surface area contributed by atoms with E-state index in [1.165, 1.54) is 12.8 Å². The second kappa shape index (κ2) is 9.09. The van der Waals surface area contributed by atoms with Gasteiger partial charge in [-0.2, -0.15) is 0 Å². The zero-order valence-electron chi connectivity index (χ0n) is 10.4. The molecule has 0 fully saturated rings. The molecule has 0 saturated carbocycles. The molecule has 0 atom stereocenters. The van der Waals surface area contributed by atoms with Crippen molar-refractivity contribution in [3.8, 4) is 0 Å². The molecule has 0 aliphatic rings. The standard InChI is InChI=1S/C11H24O3Si/c1-5-6-7-8-9-10-11-15(12-2,13-3)14-4/h8-9H,5-7,10-11H2,1-4H3. The van der Waals surface area contributed by atoms with Crippen LogP contribution < -0.4 is 0 Å². The molecular weight excluding hydrogens is 208 g/mol. The van der Waals surface area contributed by atoms with Crippen LogP contribution in [0.15, 0.2) is 12.2 Å². The third-order valence-corrected chi connectivity index (χ3v) is 5.21. The molecule has 0 unspecified atom stereocenters. The molecule has 90 valence electrons. The van der Waals surface area contributed by atoms with Crippen LogP contribution in [0.25, 0.3) is 0 Å². The first-order valence-corrected chi connectivity index (χ1v) is 7.48. The van der Waals surface area contributed by atoms with Gasteiger partial charge in [-0.1, -0.05) is 31.9 Å². The first-order valence-electron chi connectivity index (χ1n) is 5.55. The number of unbranched alkanes of at least 4 members (excludes halogenated alkanes) is 2. The van der Waals surface area contributed by atoms with Gasteiger partial charge < -0.3 is 13.3 Å². The first kappa shape index (κ1) is 14.8. The zero-order chi connectivity index (χ0) is 11.6. The van der Waals surface area contributed by atoms with Crippen molar-refractivity contribution in [2.75, 3.05) is 21.3 Å². The second-order valence-corrected chi connectivity index (χ2v) is 6.54. The average Bonchev–Trinajstić information content (AvgIpc) is 2.29. The van der Waals surface area contributed by atoms with Gasteiger partial charge in [-0.3, -0.25) is 0 Å². The molecule has 0 radical (unpaired) electrons. The van der Waals surface area contributed by atoms with Gasteiger partial charge >= 0.3 is 8.80 Å². The fraction of sp³-hybridized carbons (Fsp3) is 0.818. The Morgan fingerprint density at radius 3 is 1.93 bits per heavy atom. The lowest BCUT2D eigenvalue weighted by molar-refractivity contribution is 0.124. The van der Waals surface area contributed by atoms with E-state index in [0.29, 0.717) is 0 Å². The van der Waals surface area contributed by atoms with E-state index < -0.39 is 8.80 Å². The predicted octanol–water partition coefficient (Wildman–Crippen LogP) is 3.00. The molecule has 0 amide bonds. The lowest BCUT2D eigenvalue weighted by atomic mass is 10.2. The van der Waals surface area contributed by atoms with Crippen LogP contribution in [0.2, 0.25) is 6.04 Å². The van der Waals surface area contributed by atoms with Crippen LogP contribution in [0, 0.1) is 0 Å². The van der Waals surface area contributed by atoms with Crippen molar-refractivity contribution in [2.45, 2.75) is 38.7 Å². The van der Waals surface area contributed by atoms with Gasteiger partial charge in [0, 0.05) is 27.4 Å². The van der Waals surface area contributed by atoms with Gasteiger partial charge in [0.25, 0.3) is 0 Å². The number of allylic oxidation sites excluding steroid dienone is 2. The maximum Gasteiger partial charge on any atom is 0.500 e. The largest absolute Gasteiger partial charge is 0.500 e. The van der Waals surface area contributed by atoms with E-state index in [9.17, 15) is 0 Å². The van der Waals surface area contributed by atoms with Crippen LogP contribution in [0.3, 0.4) is 0 Å². The number of hydrogen-bond donors (Lipinski definition) is 0. The number of rotatable bonds is 9. The van der Waals surface area contributed by atoms with E-state index in [-0.39, 0.29) is 0 Å². The Kier molecular flexibility index (Phi) is 8.99. The van der Waals surface area contributed by atoms with Crippen LogP contribution in [0.1, 0.15) is 32.6 Å². The lowest BCUT2D eigenvalue weighted by Gasteiger charge is -2.23. The molecule has 15 heavy (non-hydrogen) atoms. The zero-order valence-corrected chi connectivity index (χ0v) is 11.4. The lowest BCUT2D eigenvalue weighted by Crippen LogP contribution is -2.42. The quantitative estimate of drug-likeness (QED) is 0.347. The summed E-state index contributed by atoms with van der Waals surface area (Å²) in [7, 11) is 2.62. The number of hydrogen-bond acceptors (Lipinski definition) is 3. The molecule has 0 aliphatic carbocycles. The summed E-state index contributed by atoms with van der Waals surface area (Å²) in [6.45, 7) is 2.20. The SMILES string of the molecule is CCCCC=CCC[Si](OC)(OC)OC. The minimum Gasteiger partial charge on any atom is -0.377 e. The Labute approximate surface area is 94.8 Å². The molecule has 0 aromatic carbocycles. The molecular formula is C11H24O3Si. The Morgan fingerprint density at radius 1 is 0.933 bits per heavy atom. The normalized spacial score (nSPS) is 12.5. The average molecular weight is 232 g/mol.